The Morgan fingerprint density at radius 1 is 1.21 bits per heavy atom. The molecule has 2 rings (SSSR count). The molecule has 1 heterocycles. The van der Waals surface area contributed by atoms with Gasteiger partial charge in [-0.3, -0.25) is 9.69 Å². The highest BCUT2D eigenvalue weighted by atomic mass is 35.5. The van der Waals surface area contributed by atoms with Gasteiger partial charge in [0.1, 0.15) is 0 Å². The molecule has 0 aromatic heterocycles. The molecule has 104 valence electrons. The zero-order valence-electron chi connectivity index (χ0n) is 11.2. The van der Waals surface area contributed by atoms with Gasteiger partial charge in [-0.1, -0.05) is 23.2 Å². The van der Waals surface area contributed by atoms with E-state index in [9.17, 15) is 4.79 Å². The van der Waals surface area contributed by atoms with Crippen molar-refractivity contribution in [2.24, 2.45) is 0 Å². The van der Waals surface area contributed by atoms with E-state index in [1.807, 2.05) is 14.1 Å². The van der Waals surface area contributed by atoms with E-state index in [4.69, 9.17) is 23.2 Å². The van der Waals surface area contributed by atoms with Crippen LogP contribution in [0, 0.1) is 0 Å². The minimum atomic E-state index is -0.121. The van der Waals surface area contributed by atoms with Crippen LogP contribution in [0.1, 0.15) is 16.8 Å². The zero-order chi connectivity index (χ0) is 14.0. The SMILES string of the molecule is CN1CCCN(C)C(C(=O)c2ccc(Cl)c(Cl)c2)C1. The number of carbonyl (C=O) groups is 1. The summed E-state index contributed by atoms with van der Waals surface area (Å²) in [4.78, 5) is 16.9. The third-order valence-electron chi connectivity index (χ3n) is 3.57. The summed E-state index contributed by atoms with van der Waals surface area (Å²) in [6.45, 7) is 2.70. The molecular weight excluding hydrogens is 283 g/mol. The first kappa shape index (κ1) is 14.8. The number of likely N-dealkylation sites (N-methyl/N-ethyl adjacent to an activating group) is 2. The number of halogens is 2. The average molecular weight is 301 g/mol. The fraction of sp³-hybridized carbons (Fsp3) is 0.500. The van der Waals surface area contributed by atoms with Crippen molar-refractivity contribution in [3.8, 4) is 0 Å². The lowest BCUT2D eigenvalue weighted by Gasteiger charge is -2.26. The van der Waals surface area contributed by atoms with Gasteiger partial charge < -0.3 is 4.90 Å². The smallest absolute Gasteiger partial charge is 0.181 e. The van der Waals surface area contributed by atoms with Gasteiger partial charge in [-0.25, -0.2) is 0 Å². The normalized spacial score (nSPS) is 22.2. The Bertz CT molecular complexity index is 479. The van der Waals surface area contributed by atoms with Crippen LogP contribution >= 0.6 is 23.2 Å². The number of carbonyl (C=O) groups excluding carboxylic acids is 1. The van der Waals surface area contributed by atoms with Crippen LogP contribution in [0.2, 0.25) is 10.0 Å². The predicted molar refractivity (Wildman–Crippen MR) is 79.3 cm³/mol. The predicted octanol–water partition coefficient (Wildman–Crippen LogP) is 2.81. The molecule has 19 heavy (non-hydrogen) atoms. The van der Waals surface area contributed by atoms with Gasteiger partial charge in [0.05, 0.1) is 16.1 Å². The largest absolute Gasteiger partial charge is 0.304 e. The van der Waals surface area contributed by atoms with Crippen molar-refractivity contribution in [1.29, 1.82) is 0 Å². The summed E-state index contributed by atoms with van der Waals surface area (Å²) >= 11 is 11.9. The molecule has 0 N–H and O–H groups in total. The van der Waals surface area contributed by atoms with E-state index in [1.54, 1.807) is 18.2 Å². The van der Waals surface area contributed by atoms with E-state index in [-0.39, 0.29) is 11.8 Å². The third kappa shape index (κ3) is 3.48. The van der Waals surface area contributed by atoms with Crippen molar-refractivity contribution in [2.45, 2.75) is 12.5 Å². The maximum absolute atomic E-state index is 12.6. The van der Waals surface area contributed by atoms with E-state index in [1.165, 1.54) is 0 Å². The molecule has 1 aromatic rings. The lowest BCUT2D eigenvalue weighted by Crippen LogP contribution is -2.43. The van der Waals surface area contributed by atoms with Crippen LogP contribution in [0.5, 0.6) is 0 Å². The van der Waals surface area contributed by atoms with Gasteiger partial charge in [-0.15, -0.1) is 0 Å². The Kier molecular flexibility index (Phi) is 4.85. The maximum atomic E-state index is 12.6. The lowest BCUT2D eigenvalue weighted by molar-refractivity contribution is 0.0839. The Morgan fingerprint density at radius 3 is 2.63 bits per heavy atom. The molecule has 1 saturated heterocycles. The standard InChI is InChI=1S/C14H18Cl2N2O/c1-17-6-3-7-18(2)13(9-17)14(19)10-4-5-11(15)12(16)8-10/h4-5,8,13H,3,6-7,9H2,1-2H3. The van der Waals surface area contributed by atoms with Crippen LogP contribution in [0.4, 0.5) is 0 Å². The number of Topliss-reactive ketones (excluding diaryl/α,β-unsaturated/α-hetero) is 1. The fourth-order valence-electron chi connectivity index (χ4n) is 2.40. The summed E-state index contributed by atoms with van der Waals surface area (Å²) in [5, 5.41) is 0.904. The number of hydrogen-bond acceptors (Lipinski definition) is 3. The molecule has 0 radical (unpaired) electrons. The number of nitrogens with zero attached hydrogens (tertiary/aromatic N) is 2. The van der Waals surface area contributed by atoms with Crippen LogP contribution in [-0.2, 0) is 0 Å². The van der Waals surface area contributed by atoms with E-state index in [0.29, 0.717) is 15.6 Å². The van der Waals surface area contributed by atoms with Crippen molar-refractivity contribution in [1.82, 2.24) is 9.80 Å². The number of benzene rings is 1. The second-order valence-corrected chi connectivity index (χ2v) is 5.92. The molecule has 1 aliphatic heterocycles. The number of ketones is 1. The van der Waals surface area contributed by atoms with Crippen molar-refractivity contribution in [3.63, 3.8) is 0 Å². The highest BCUT2D eigenvalue weighted by molar-refractivity contribution is 6.42. The van der Waals surface area contributed by atoms with Crippen molar-refractivity contribution < 1.29 is 4.79 Å². The van der Waals surface area contributed by atoms with Crippen molar-refractivity contribution >= 4 is 29.0 Å². The summed E-state index contributed by atoms with van der Waals surface area (Å²) in [5.74, 6) is 0.106. The Balaban J connectivity index is 2.23. The Morgan fingerprint density at radius 2 is 1.95 bits per heavy atom. The summed E-state index contributed by atoms with van der Waals surface area (Å²) in [5.41, 5.74) is 0.626. The second-order valence-electron chi connectivity index (χ2n) is 5.11. The second kappa shape index (κ2) is 6.23. The van der Waals surface area contributed by atoms with E-state index in [0.717, 1.165) is 26.1 Å². The third-order valence-corrected chi connectivity index (χ3v) is 4.31. The molecule has 0 spiro atoms. The van der Waals surface area contributed by atoms with Crippen molar-refractivity contribution in [2.75, 3.05) is 33.7 Å². The van der Waals surface area contributed by atoms with Crippen LogP contribution in [0.25, 0.3) is 0 Å². The number of rotatable bonds is 2. The topological polar surface area (TPSA) is 23.6 Å². The monoisotopic (exact) mass is 300 g/mol. The van der Waals surface area contributed by atoms with Gasteiger partial charge in [0.15, 0.2) is 5.78 Å². The van der Waals surface area contributed by atoms with Gasteiger partial charge in [0.2, 0.25) is 0 Å². The van der Waals surface area contributed by atoms with Crippen LogP contribution < -0.4 is 0 Å². The van der Waals surface area contributed by atoms with Gasteiger partial charge in [-0.2, -0.15) is 0 Å². The number of hydrogen-bond donors (Lipinski definition) is 0. The first-order chi connectivity index (χ1) is 8.99. The summed E-state index contributed by atoms with van der Waals surface area (Å²) < 4.78 is 0. The molecule has 3 nitrogen and oxygen atoms in total. The van der Waals surface area contributed by atoms with Gasteiger partial charge in [0, 0.05) is 12.1 Å². The van der Waals surface area contributed by atoms with Crippen LogP contribution in [-0.4, -0.2) is 55.4 Å². The molecule has 0 aliphatic carbocycles. The van der Waals surface area contributed by atoms with Crippen molar-refractivity contribution in [3.05, 3.63) is 33.8 Å². The molecule has 0 amide bonds. The highest BCUT2D eigenvalue weighted by Crippen LogP contribution is 2.24. The molecule has 1 aliphatic rings. The maximum Gasteiger partial charge on any atom is 0.181 e. The Labute approximate surface area is 124 Å². The van der Waals surface area contributed by atoms with E-state index in [2.05, 4.69) is 9.80 Å². The fourth-order valence-corrected chi connectivity index (χ4v) is 2.69. The molecule has 1 unspecified atom stereocenters. The van der Waals surface area contributed by atoms with Gasteiger partial charge >= 0.3 is 0 Å². The molecule has 0 bridgehead atoms. The van der Waals surface area contributed by atoms with Crippen LogP contribution in [0.3, 0.4) is 0 Å². The van der Waals surface area contributed by atoms with Gasteiger partial charge in [0.25, 0.3) is 0 Å². The summed E-state index contributed by atoms with van der Waals surface area (Å²) in [6.07, 6.45) is 1.08. The minimum absolute atomic E-state index is 0.106. The molecule has 1 fully saturated rings. The zero-order valence-corrected chi connectivity index (χ0v) is 12.7. The lowest BCUT2D eigenvalue weighted by atomic mass is 10.0. The Hall–Kier alpha value is -0.610. The average Bonchev–Trinajstić information content (AvgIpc) is 2.54. The van der Waals surface area contributed by atoms with E-state index < -0.39 is 0 Å². The summed E-state index contributed by atoms with van der Waals surface area (Å²) in [6, 6.07) is 4.96. The van der Waals surface area contributed by atoms with E-state index >= 15 is 0 Å². The molecule has 0 saturated carbocycles. The molecular formula is C14H18Cl2N2O. The molecule has 5 heteroatoms. The molecule has 1 aromatic carbocycles. The van der Waals surface area contributed by atoms with Crippen LogP contribution in [0.15, 0.2) is 18.2 Å². The highest BCUT2D eigenvalue weighted by Gasteiger charge is 2.27. The molecule has 1 atom stereocenters. The minimum Gasteiger partial charge on any atom is -0.304 e. The van der Waals surface area contributed by atoms with Gasteiger partial charge in [-0.05, 0) is 51.8 Å². The summed E-state index contributed by atoms with van der Waals surface area (Å²) in [7, 11) is 4.05. The quantitative estimate of drug-likeness (QED) is 0.785. The first-order valence-corrected chi connectivity index (χ1v) is 7.12. The first-order valence-electron chi connectivity index (χ1n) is 6.37.